The van der Waals surface area contributed by atoms with E-state index in [0.717, 1.165) is 29.7 Å². The van der Waals surface area contributed by atoms with E-state index in [2.05, 4.69) is 57.4 Å². The lowest BCUT2D eigenvalue weighted by atomic mass is 10.0. The number of carbonyl (C=O) groups is 1. The van der Waals surface area contributed by atoms with Gasteiger partial charge in [-0.05, 0) is 43.7 Å². The lowest BCUT2D eigenvalue weighted by molar-refractivity contribution is -0.120. The zero-order chi connectivity index (χ0) is 14.5. The minimum atomic E-state index is 0.0966. The maximum atomic E-state index is 11.6. The number of nitrogens with zero attached hydrogens (tertiary/aromatic N) is 1. The summed E-state index contributed by atoms with van der Waals surface area (Å²) in [7, 11) is 0. The maximum Gasteiger partial charge on any atom is 0.239 e. The van der Waals surface area contributed by atoms with Gasteiger partial charge in [0.15, 0.2) is 0 Å². The van der Waals surface area contributed by atoms with Gasteiger partial charge in [-0.15, -0.1) is 0 Å². The molecule has 0 aliphatic carbocycles. The molecule has 1 fully saturated rings. The van der Waals surface area contributed by atoms with Gasteiger partial charge in [-0.1, -0.05) is 22.9 Å². The van der Waals surface area contributed by atoms with E-state index >= 15 is 0 Å². The first kappa shape index (κ1) is 15.3. The zero-order valence-corrected chi connectivity index (χ0v) is 13.7. The highest BCUT2D eigenvalue weighted by Crippen LogP contribution is 2.30. The number of hydrogen-bond donors (Lipinski definition) is 2. The lowest BCUT2D eigenvalue weighted by Crippen LogP contribution is -2.48. The van der Waals surface area contributed by atoms with Gasteiger partial charge in [-0.2, -0.15) is 0 Å². The molecule has 0 radical (unpaired) electrons. The van der Waals surface area contributed by atoms with Gasteiger partial charge < -0.3 is 15.5 Å². The second kappa shape index (κ2) is 7.09. The molecule has 1 aromatic rings. The Morgan fingerprint density at radius 2 is 2.30 bits per heavy atom. The van der Waals surface area contributed by atoms with Crippen molar-refractivity contribution in [3.63, 3.8) is 0 Å². The van der Waals surface area contributed by atoms with Crippen molar-refractivity contribution in [3.8, 4) is 0 Å². The number of nitrogens with one attached hydrogen (secondary N) is 2. The van der Waals surface area contributed by atoms with Crippen LogP contribution in [0.25, 0.3) is 0 Å². The molecule has 0 saturated carbocycles. The summed E-state index contributed by atoms with van der Waals surface area (Å²) in [6.45, 7) is 7.34. The summed E-state index contributed by atoms with van der Waals surface area (Å²) < 4.78 is 1.07. The molecule has 0 bridgehead atoms. The highest BCUT2D eigenvalue weighted by atomic mass is 79.9. The molecule has 0 spiro atoms. The molecule has 1 aliphatic rings. The summed E-state index contributed by atoms with van der Waals surface area (Å²) in [4.78, 5) is 13.7. The molecule has 1 saturated heterocycles. The zero-order valence-electron chi connectivity index (χ0n) is 12.1. The van der Waals surface area contributed by atoms with E-state index in [1.165, 1.54) is 5.56 Å². The van der Waals surface area contributed by atoms with Crippen molar-refractivity contribution in [2.75, 3.05) is 31.1 Å². The first-order chi connectivity index (χ1) is 9.61. The van der Waals surface area contributed by atoms with Crippen LogP contribution in [0.4, 0.5) is 5.69 Å². The van der Waals surface area contributed by atoms with Crippen LogP contribution in [0.15, 0.2) is 22.7 Å². The number of amides is 1. The molecule has 1 aliphatic heterocycles. The maximum absolute atomic E-state index is 11.6. The summed E-state index contributed by atoms with van der Waals surface area (Å²) in [6.07, 6.45) is 1.11. The molecular weight excluding hydrogens is 318 g/mol. The average molecular weight is 340 g/mol. The highest BCUT2D eigenvalue weighted by molar-refractivity contribution is 9.10. The van der Waals surface area contributed by atoms with Crippen molar-refractivity contribution in [2.45, 2.75) is 26.3 Å². The van der Waals surface area contributed by atoms with Crippen molar-refractivity contribution in [1.82, 2.24) is 10.6 Å². The normalized spacial score (nSPS) is 16.9. The summed E-state index contributed by atoms with van der Waals surface area (Å²) in [5.41, 5.74) is 2.39. The summed E-state index contributed by atoms with van der Waals surface area (Å²) in [5, 5.41) is 6.39. The smallest absolute Gasteiger partial charge is 0.239 e. The molecule has 1 amide bonds. The number of halogens is 1. The molecule has 110 valence electrons. The molecule has 4 nitrogen and oxygen atoms in total. The standard InChI is InChI=1S/C15H22BrN3O/c1-3-6-17-11(2)13-9-12(16)4-5-14(13)19-8-7-18-15(20)10-19/h4-5,9,11,17H,3,6-8,10H2,1-2H3,(H,18,20). The third kappa shape index (κ3) is 3.73. The van der Waals surface area contributed by atoms with Crippen LogP contribution in [0, 0.1) is 0 Å². The molecule has 2 rings (SSSR count). The van der Waals surface area contributed by atoms with Crippen LogP contribution in [-0.2, 0) is 4.79 Å². The van der Waals surface area contributed by atoms with E-state index in [9.17, 15) is 4.79 Å². The monoisotopic (exact) mass is 339 g/mol. The second-order valence-electron chi connectivity index (χ2n) is 5.15. The molecule has 5 heteroatoms. The van der Waals surface area contributed by atoms with E-state index in [0.29, 0.717) is 13.1 Å². The van der Waals surface area contributed by atoms with Crippen LogP contribution < -0.4 is 15.5 Å². The van der Waals surface area contributed by atoms with Crippen LogP contribution in [-0.4, -0.2) is 32.1 Å². The van der Waals surface area contributed by atoms with Crippen LogP contribution >= 0.6 is 15.9 Å². The third-order valence-electron chi connectivity index (χ3n) is 3.54. The van der Waals surface area contributed by atoms with Crippen molar-refractivity contribution in [2.24, 2.45) is 0 Å². The predicted octanol–water partition coefficient (Wildman–Crippen LogP) is 2.45. The van der Waals surface area contributed by atoms with E-state index in [1.807, 2.05) is 6.07 Å². The Morgan fingerprint density at radius 3 is 3.00 bits per heavy atom. The topological polar surface area (TPSA) is 44.4 Å². The Kier molecular flexibility index (Phi) is 5.43. The van der Waals surface area contributed by atoms with Gasteiger partial charge in [0.1, 0.15) is 0 Å². The third-order valence-corrected chi connectivity index (χ3v) is 4.03. The quantitative estimate of drug-likeness (QED) is 0.865. The summed E-state index contributed by atoms with van der Waals surface area (Å²) >= 11 is 3.54. The number of rotatable bonds is 5. The van der Waals surface area contributed by atoms with Gasteiger partial charge in [0.2, 0.25) is 5.91 Å². The second-order valence-corrected chi connectivity index (χ2v) is 6.07. The fraction of sp³-hybridized carbons (Fsp3) is 0.533. The molecule has 1 unspecified atom stereocenters. The van der Waals surface area contributed by atoms with Crippen LogP contribution in [0.3, 0.4) is 0 Å². The van der Waals surface area contributed by atoms with E-state index in [1.54, 1.807) is 0 Å². The molecule has 1 aromatic carbocycles. The first-order valence-corrected chi connectivity index (χ1v) is 7.95. The molecule has 20 heavy (non-hydrogen) atoms. The Bertz CT molecular complexity index is 478. The van der Waals surface area contributed by atoms with Gasteiger partial charge in [-0.3, -0.25) is 4.79 Å². The van der Waals surface area contributed by atoms with Gasteiger partial charge in [-0.25, -0.2) is 0 Å². The van der Waals surface area contributed by atoms with Crippen molar-refractivity contribution in [1.29, 1.82) is 0 Å². The van der Waals surface area contributed by atoms with Crippen LogP contribution in [0.5, 0.6) is 0 Å². The van der Waals surface area contributed by atoms with Crippen molar-refractivity contribution >= 4 is 27.5 Å². The van der Waals surface area contributed by atoms with Gasteiger partial charge in [0.25, 0.3) is 0 Å². The Morgan fingerprint density at radius 1 is 1.50 bits per heavy atom. The number of piperazine rings is 1. The highest BCUT2D eigenvalue weighted by Gasteiger charge is 2.21. The van der Waals surface area contributed by atoms with E-state index < -0.39 is 0 Å². The molecule has 0 aromatic heterocycles. The molecule has 2 N–H and O–H groups in total. The van der Waals surface area contributed by atoms with Crippen molar-refractivity contribution < 1.29 is 4.79 Å². The minimum absolute atomic E-state index is 0.0966. The number of carbonyl (C=O) groups excluding carboxylic acids is 1. The van der Waals surface area contributed by atoms with Gasteiger partial charge >= 0.3 is 0 Å². The average Bonchev–Trinajstić information content (AvgIpc) is 2.44. The number of hydrogen-bond acceptors (Lipinski definition) is 3. The Labute approximate surface area is 129 Å². The minimum Gasteiger partial charge on any atom is -0.360 e. The van der Waals surface area contributed by atoms with E-state index in [-0.39, 0.29) is 11.9 Å². The predicted molar refractivity (Wildman–Crippen MR) is 86.1 cm³/mol. The van der Waals surface area contributed by atoms with Crippen LogP contribution in [0.1, 0.15) is 31.9 Å². The Balaban J connectivity index is 2.24. The largest absolute Gasteiger partial charge is 0.360 e. The van der Waals surface area contributed by atoms with Crippen LogP contribution in [0.2, 0.25) is 0 Å². The van der Waals surface area contributed by atoms with Gasteiger partial charge in [0.05, 0.1) is 6.54 Å². The fourth-order valence-electron chi connectivity index (χ4n) is 2.48. The SMILES string of the molecule is CCCNC(C)c1cc(Br)ccc1N1CCNC(=O)C1. The van der Waals surface area contributed by atoms with E-state index in [4.69, 9.17) is 0 Å². The number of benzene rings is 1. The molecule has 1 heterocycles. The first-order valence-electron chi connectivity index (χ1n) is 7.16. The summed E-state index contributed by atoms with van der Waals surface area (Å²) in [5.74, 6) is 0.0966. The molecule has 1 atom stereocenters. The molecular formula is C15H22BrN3O. The van der Waals surface area contributed by atoms with Gasteiger partial charge in [0, 0.05) is 29.3 Å². The van der Waals surface area contributed by atoms with Crippen molar-refractivity contribution in [3.05, 3.63) is 28.2 Å². The summed E-state index contributed by atoms with van der Waals surface area (Å²) in [6, 6.07) is 6.56. The Hall–Kier alpha value is -1.07. The number of anilines is 1. The fourth-order valence-corrected chi connectivity index (χ4v) is 2.85. The lowest BCUT2D eigenvalue weighted by Gasteiger charge is -2.32.